The molecule has 6 heteroatoms. The van der Waals surface area contributed by atoms with Gasteiger partial charge < -0.3 is 5.73 Å². The molecule has 1 heterocycles. The minimum absolute atomic E-state index is 0.0519. The average molecular weight is 350 g/mol. The highest BCUT2D eigenvalue weighted by Gasteiger charge is 2.30. The van der Waals surface area contributed by atoms with Crippen molar-refractivity contribution in [2.24, 2.45) is 5.73 Å². The number of sulfonamides is 1. The predicted octanol–water partition coefficient (Wildman–Crippen LogP) is 3.07. The first-order valence-electron chi connectivity index (χ1n) is 8.48. The van der Waals surface area contributed by atoms with E-state index in [1.54, 1.807) is 28.8 Å². The summed E-state index contributed by atoms with van der Waals surface area (Å²) in [5, 5.41) is 1.60. The van der Waals surface area contributed by atoms with Crippen molar-refractivity contribution in [1.29, 1.82) is 0 Å². The van der Waals surface area contributed by atoms with E-state index in [1.807, 2.05) is 19.9 Å². The van der Waals surface area contributed by atoms with E-state index in [9.17, 15) is 8.42 Å². The second kappa shape index (κ2) is 8.05. The molecule has 0 amide bonds. The Labute approximate surface area is 144 Å². The third-order valence-corrected chi connectivity index (χ3v) is 6.36. The van der Waals surface area contributed by atoms with Crippen molar-refractivity contribution >= 4 is 20.8 Å². The highest BCUT2D eigenvalue weighted by Crippen LogP contribution is 2.29. The lowest BCUT2D eigenvalue weighted by atomic mass is 10.1. The lowest BCUT2D eigenvalue weighted by Crippen LogP contribution is -2.40. The average Bonchev–Trinajstić information content (AvgIpc) is 2.55. The zero-order valence-electron chi connectivity index (χ0n) is 14.7. The second-order valence-corrected chi connectivity index (χ2v) is 8.07. The maximum Gasteiger partial charge on any atom is 0.243 e. The van der Waals surface area contributed by atoms with Gasteiger partial charge in [-0.15, -0.1) is 0 Å². The molecule has 0 radical (unpaired) electrons. The number of aromatic nitrogens is 1. The molecule has 1 aromatic carbocycles. The van der Waals surface area contributed by atoms with Gasteiger partial charge in [-0.25, -0.2) is 8.42 Å². The molecule has 2 rings (SSSR count). The van der Waals surface area contributed by atoms with Gasteiger partial charge in [0.05, 0.1) is 4.90 Å². The van der Waals surface area contributed by atoms with Crippen LogP contribution in [0.4, 0.5) is 0 Å². The zero-order chi connectivity index (χ0) is 17.7. The van der Waals surface area contributed by atoms with Crippen molar-refractivity contribution in [3.8, 4) is 0 Å². The molecule has 132 valence electrons. The molecule has 0 aliphatic rings. The maximum absolute atomic E-state index is 13.4. The third-order valence-electron chi connectivity index (χ3n) is 4.30. The summed E-state index contributed by atoms with van der Waals surface area (Å²) in [7, 11) is -3.59. The van der Waals surface area contributed by atoms with E-state index in [0.717, 1.165) is 29.2 Å². The van der Waals surface area contributed by atoms with Gasteiger partial charge in [0.15, 0.2) is 0 Å². The van der Waals surface area contributed by atoms with Gasteiger partial charge in [-0.3, -0.25) is 4.98 Å². The summed E-state index contributed by atoms with van der Waals surface area (Å²) >= 11 is 0. The van der Waals surface area contributed by atoms with Crippen LogP contribution in [0.5, 0.6) is 0 Å². The van der Waals surface area contributed by atoms with E-state index < -0.39 is 10.0 Å². The van der Waals surface area contributed by atoms with Gasteiger partial charge >= 0.3 is 0 Å². The van der Waals surface area contributed by atoms with Gasteiger partial charge in [-0.2, -0.15) is 4.31 Å². The first kappa shape index (κ1) is 18.8. The van der Waals surface area contributed by atoms with E-state index in [2.05, 4.69) is 11.9 Å². The standard InChI is InChI=1S/C18H27N3O2S/c1-4-7-15(3)21(11-6-10-19)24(22,23)17-9-5-8-16-13-20-12-14(2)18(16)17/h5,8-9,12-13,15H,4,6-7,10-11,19H2,1-3H3/t15-/m0/s1. The van der Waals surface area contributed by atoms with Gasteiger partial charge in [-0.1, -0.05) is 25.5 Å². The molecule has 2 aromatic rings. The molecule has 0 aliphatic heterocycles. The van der Waals surface area contributed by atoms with Gasteiger partial charge in [0.2, 0.25) is 10.0 Å². The predicted molar refractivity (Wildman–Crippen MR) is 98.4 cm³/mol. The molecule has 1 aromatic heterocycles. The first-order valence-corrected chi connectivity index (χ1v) is 9.92. The number of hydrogen-bond acceptors (Lipinski definition) is 4. The summed E-state index contributed by atoms with van der Waals surface area (Å²) in [6.45, 7) is 6.85. The number of hydrogen-bond donors (Lipinski definition) is 1. The Kier molecular flexibility index (Phi) is 6.32. The molecule has 1 atom stereocenters. The number of nitrogens with two attached hydrogens (primary N) is 1. The van der Waals surface area contributed by atoms with Gasteiger partial charge in [0, 0.05) is 35.8 Å². The lowest BCUT2D eigenvalue weighted by molar-refractivity contribution is 0.318. The first-order chi connectivity index (χ1) is 11.4. The summed E-state index contributed by atoms with van der Waals surface area (Å²) < 4.78 is 28.4. The third kappa shape index (κ3) is 3.77. The molecule has 0 fully saturated rings. The summed E-state index contributed by atoms with van der Waals surface area (Å²) in [5.74, 6) is 0. The SMILES string of the molecule is CCC[C@H](C)N(CCCN)S(=O)(=O)c1cccc2cncc(C)c12. The van der Waals surface area contributed by atoms with Crippen LogP contribution in [0.3, 0.4) is 0 Å². The quantitative estimate of drug-likeness (QED) is 0.794. The number of rotatable bonds is 8. The molecule has 0 unspecified atom stereocenters. The summed E-state index contributed by atoms with van der Waals surface area (Å²) in [6, 6.07) is 5.32. The normalized spacial score (nSPS) is 13.5. The van der Waals surface area contributed by atoms with Crippen LogP contribution in [0.1, 0.15) is 38.7 Å². The topological polar surface area (TPSA) is 76.3 Å². The van der Waals surface area contributed by atoms with Crippen molar-refractivity contribution in [2.75, 3.05) is 13.1 Å². The Balaban J connectivity index is 2.58. The largest absolute Gasteiger partial charge is 0.330 e. The van der Waals surface area contributed by atoms with Crippen LogP contribution in [0.25, 0.3) is 10.8 Å². The van der Waals surface area contributed by atoms with Crippen molar-refractivity contribution in [3.05, 3.63) is 36.2 Å². The van der Waals surface area contributed by atoms with Crippen LogP contribution < -0.4 is 5.73 Å². The Bertz CT molecular complexity index is 785. The lowest BCUT2D eigenvalue weighted by Gasteiger charge is -2.29. The minimum Gasteiger partial charge on any atom is -0.330 e. The van der Waals surface area contributed by atoms with Crippen LogP contribution in [0, 0.1) is 6.92 Å². The molecular formula is C18H27N3O2S. The Hall–Kier alpha value is -1.50. The molecule has 2 N–H and O–H groups in total. The fourth-order valence-electron chi connectivity index (χ4n) is 3.10. The smallest absolute Gasteiger partial charge is 0.243 e. The number of fused-ring (bicyclic) bond motifs is 1. The van der Waals surface area contributed by atoms with E-state index in [4.69, 9.17) is 5.73 Å². The van der Waals surface area contributed by atoms with Crippen LogP contribution in [-0.2, 0) is 10.0 Å². The van der Waals surface area contributed by atoms with E-state index >= 15 is 0 Å². The molecule has 5 nitrogen and oxygen atoms in total. The number of aryl methyl sites for hydroxylation is 1. The van der Waals surface area contributed by atoms with Gasteiger partial charge in [0.1, 0.15) is 0 Å². The Morgan fingerprint density at radius 1 is 1.29 bits per heavy atom. The van der Waals surface area contributed by atoms with E-state index in [0.29, 0.717) is 24.4 Å². The van der Waals surface area contributed by atoms with E-state index in [1.165, 1.54) is 0 Å². The monoisotopic (exact) mass is 349 g/mol. The molecular weight excluding hydrogens is 322 g/mol. The highest BCUT2D eigenvalue weighted by molar-refractivity contribution is 7.89. The van der Waals surface area contributed by atoms with Crippen LogP contribution in [0.2, 0.25) is 0 Å². The molecule has 0 saturated carbocycles. The van der Waals surface area contributed by atoms with Gasteiger partial charge in [0.25, 0.3) is 0 Å². The molecule has 0 aliphatic carbocycles. The molecule has 0 spiro atoms. The number of benzene rings is 1. The number of pyridine rings is 1. The Morgan fingerprint density at radius 2 is 2.04 bits per heavy atom. The van der Waals surface area contributed by atoms with Crippen LogP contribution in [0.15, 0.2) is 35.5 Å². The van der Waals surface area contributed by atoms with Crippen molar-refractivity contribution in [3.63, 3.8) is 0 Å². The fraction of sp³-hybridized carbons (Fsp3) is 0.500. The zero-order valence-corrected chi connectivity index (χ0v) is 15.5. The fourth-order valence-corrected chi connectivity index (χ4v) is 5.09. The van der Waals surface area contributed by atoms with E-state index in [-0.39, 0.29) is 6.04 Å². The highest BCUT2D eigenvalue weighted by atomic mass is 32.2. The minimum atomic E-state index is -3.59. The molecule has 0 saturated heterocycles. The molecule has 0 bridgehead atoms. The van der Waals surface area contributed by atoms with Gasteiger partial charge in [-0.05, 0) is 44.9 Å². The van der Waals surface area contributed by atoms with Crippen molar-refractivity contribution < 1.29 is 8.42 Å². The summed E-state index contributed by atoms with van der Waals surface area (Å²) in [6.07, 6.45) is 5.84. The number of nitrogens with zero attached hydrogens (tertiary/aromatic N) is 2. The second-order valence-electron chi connectivity index (χ2n) is 6.21. The van der Waals surface area contributed by atoms with Crippen LogP contribution >= 0.6 is 0 Å². The maximum atomic E-state index is 13.4. The summed E-state index contributed by atoms with van der Waals surface area (Å²) in [5.41, 5.74) is 6.49. The molecule has 24 heavy (non-hydrogen) atoms. The van der Waals surface area contributed by atoms with Crippen molar-refractivity contribution in [2.45, 2.75) is 51.0 Å². The Morgan fingerprint density at radius 3 is 2.71 bits per heavy atom. The van der Waals surface area contributed by atoms with Crippen molar-refractivity contribution in [1.82, 2.24) is 9.29 Å². The van der Waals surface area contributed by atoms with Crippen LogP contribution in [-0.4, -0.2) is 36.8 Å². The summed E-state index contributed by atoms with van der Waals surface area (Å²) in [4.78, 5) is 4.53.